The molecule has 3 aromatic carbocycles. The molecule has 0 aliphatic carbocycles. The molecule has 6 nitrogen and oxygen atoms in total. The summed E-state index contributed by atoms with van der Waals surface area (Å²) >= 11 is 0. The first-order valence-corrected chi connectivity index (χ1v) is 8.06. The first-order chi connectivity index (χ1) is 12.7. The van der Waals surface area contributed by atoms with Crippen LogP contribution in [-0.4, -0.2) is 26.1 Å². The third-order valence-electron chi connectivity index (χ3n) is 3.92. The number of hydrogen-bond acceptors (Lipinski definition) is 3. The number of nitrogens with zero attached hydrogens (tertiary/aromatic N) is 4. The Kier molecular flexibility index (Phi) is 3.99. The van der Waals surface area contributed by atoms with Gasteiger partial charge in [-0.2, -0.15) is 0 Å². The summed E-state index contributed by atoms with van der Waals surface area (Å²) in [6.07, 6.45) is 0. The lowest BCUT2D eigenvalue weighted by atomic mass is 10.2. The molecule has 0 saturated heterocycles. The number of hydrogen-bond donors (Lipinski definition) is 1. The van der Waals surface area contributed by atoms with Crippen molar-refractivity contribution in [2.45, 2.75) is 0 Å². The van der Waals surface area contributed by atoms with Gasteiger partial charge in [0.25, 0.3) is 0 Å². The molecule has 0 spiro atoms. The van der Waals surface area contributed by atoms with Gasteiger partial charge >= 0.3 is 11.8 Å². The van der Waals surface area contributed by atoms with E-state index < -0.39 is 5.97 Å². The Balaban J connectivity index is 1.87. The van der Waals surface area contributed by atoms with Crippen LogP contribution in [0.25, 0.3) is 22.8 Å². The van der Waals surface area contributed by atoms with Crippen molar-refractivity contribution < 1.29 is 14.7 Å². The molecule has 0 aliphatic heterocycles. The maximum absolute atomic E-state index is 11.1. The van der Waals surface area contributed by atoms with Crippen molar-refractivity contribution >= 4 is 5.97 Å². The van der Waals surface area contributed by atoms with Gasteiger partial charge in [-0.15, -0.1) is 0 Å². The SMILES string of the molecule is O=C(O)c1ccc(-n2nc(-c3ccccc3)n[n+]2-c2ccccc2)cc1. The zero-order chi connectivity index (χ0) is 17.9. The number of aromatic carboxylic acids is 1. The van der Waals surface area contributed by atoms with Gasteiger partial charge < -0.3 is 5.11 Å². The lowest BCUT2D eigenvalue weighted by Crippen LogP contribution is -2.43. The second-order valence-corrected chi connectivity index (χ2v) is 5.66. The predicted octanol–water partition coefficient (Wildman–Crippen LogP) is 2.91. The van der Waals surface area contributed by atoms with Crippen LogP contribution in [0.2, 0.25) is 0 Å². The zero-order valence-corrected chi connectivity index (χ0v) is 13.7. The van der Waals surface area contributed by atoms with Crippen LogP contribution in [0.4, 0.5) is 0 Å². The highest BCUT2D eigenvalue weighted by molar-refractivity contribution is 5.87. The van der Waals surface area contributed by atoms with Crippen LogP contribution in [0.1, 0.15) is 10.4 Å². The van der Waals surface area contributed by atoms with E-state index in [9.17, 15) is 4.79 Å². The largest absolute Gasteiger partial charge is 0.478 e. The molecule has 4 aromatic rings. The Morgan fingerprint density at radius 1 is 0.846 bits per heavy atom. The molecule has 0 bridgehead atoms. The summed E-state index contributed by atoms with van der Waals surface area (Å²) in [5, 5.41) is 18.4. The van der Waals surface area contributed by atoms with Gasteiger partial charge in [0.2, 0.25) is 0 Å². The molecule has 26 heavy (non-hydrogen) atoms. The van der Waals surface area contributed by atoms with Crippen LogP contribution >= 0.6 is 0 Å². The fraction of sp³-hybridized carbons (Fsp3) is 0. The van der Waals surface area contributed by atoms with Gasteiger partial charge in [0.1, 0.15) is 5.69 Å². The summed E-state index contributed by atoms with van der Waals surface area (Å²) in [4.78, 5) is 14.4. The second-order valence-electron chi connectivity index (χ2n) is 5.66. The molecular formula is C20H15N4O2+. The average Bonchev–Trinajstić information content (AvgIpc) is 3.15. The monoisotopic (exact) mass is 343 g/mol. The maximum Gasteiger partial charge on any atom is 0.340 e. The van der Waals surface area contributed by atoms with Crippen molar-refractivity contribution in [1.82, 2.24) is 15.0 Å². The standard InChI is InChI=1S/C20H14N4O2/c25-20(26)16-11-13-18(14-12-16)24-22-19(15-7-3-1-4-8-15)21-23(24)17-9-5-2-6-10-17/h1-14H/p+1. The van der Waals surface area contributed by atoms with Gasteiger partial charge in [-0.25, -0.2) is 4.79 Å². The molecule has 0 aliphatic rings. The minimum atomic E-state index is -0.962. The van der Waals surface area contributed by atoms with Crippen LogP contribution in [0, 0.1) is 0 Å². The number of carbonyl (C=O) groups is 1. The number of carboxylic acid groups (broad SMARTS) is 1. The summed E-state index contributed by atoms with van der Waals surface area (Å²) in [5.41, 5.74) is 2.69. The van der Waals surface area contributed by atoms with E-state index in [1.54, 1.807) is 33.9 Å². The Bertz CT molecular complexity index is 1040. The van der Waals surface area contributed by atoms with Gasteiger partial charge in [-0.3, -0.25) is 0 Å². The molecule has 0 amide bonds. The van der Waals surface area contributed by atoms with Gasteiger partial charge in [0, 0.05) is 4.80 Å². The zero-order valence-electron chi connectivity index (χ0n) is 13.7. The van der Waals surface area contributed by atoms with Crippen molar-refractivity contribution in [2.24, 2.45) is 0 Å². The summed E-state index contributed by atoms with van der Waals surface area (Å²) < 4.78 is 0. The van der Waals surface area contributed by atoms with Crippen LogP contribution in [0.5, 0.6) is 0 Å². The Morgan fingerprint density at radius 2 is 1.46 bits per heavy atom. The quantitative estimate of drug-likeness (QED) is 0.578. The van der Waals surface area contributed by atoms with E-state index in [2.05, 4.69) is 10.2 Å². The number of carboxylic acids is 1. The smallest absolute Gasteiger partial charge is 0.340 e. The van der Waals surface area contributed by atoms with Crippen molar-refractivity contribution in [1.29, 1.82) is 0 Å². The van der Waals surface area contributed by atoms with Gasteiger partial charge in [0.05, 0.1) is 16.2 Å². The first-order valence-electron chi connectivity index (χ1n) is 8.06. The van der Waals surface area contributed by atoms with E-state index in [-0.39, 0.29) is 5.56 Å². The van der Waals surface area contributed by atoms with Crippen molar-refractivity contribution in [3.8, 4) is 22.8 Å². The highest BCUT2D eigenvalue weighted by atomic mass is 16.4. The number of aromatic nitrogens is 4. The van der Waals surface area contributed by atoms with Crippen molar-refractivity contribution in [3.63, 3.8) is 0 Å². The molecule has 0 unspecified atom stereocenters. The molecule has 0 saturated carbocycles. The molecular weight excluding hydrogens is 328 g/mol. The van der Waals surface area contributed by atoms with Gasteiger partial charge in [-0.1, -0.05) is 36.4 Å². The van der Waals surface area contributed by atoms with Crippen LogP contribution < -0.4 is 4.80 Å². The summed E-state index contributed by atoms with van der Waals surface area (Å²) in [6, 6.07) is 25.9. The molecule has 126 valence electrons. The molecule has 1 heterocycles. The molecule has 0 radical (unpaired) electrons. The van der Waals surface area contributed by atoms with E-state index in [1.807, 2.05) is 60.7 Å². The van der Waals surface area contributed by atoms with Gasteiger partial charge in [0.15, 0.2) is 5.69 Å². The molecule has 4 rings (SSSR count). The average molecular weight is 343 g/mol. The van der Waals surface area contributed by atoms with Crippen LogP contribution in [0.3, 0.4) is 0 Å². The number of para-hydroxylation sites is 1. The highest BCUT2D eigenvalue weighted by Gasteiger charge is 2.23. The summed E-state index contributed by atoms with van der Waals surface area (Å²) in [5.74, 6) is -0.382. The predicted molar refractivity (Wildman–Crippen MR) is 95.3 cm³/mol. The maximum atomic E-state index is 11.1. The number of benzene rings is 3. The first kappa shape index (κ1) is 15.7. The fourth-order valence-corrected chi connectivity index (χ4v) is 2.62. The third-order valence-corrected chi connectivity index (χ3v) is 3.92. The van der Waals surface area contributed by atoms with Crippen LogP contribution in [0.15, 0.2) is 84.9 Å². The minimum absolute atomic E-state index is 0.225. The Hall–Kier alpha value is -3.80. The highest BCUT2D eigenvalue weighted by Crippen LogP contribution is 2.15. The topological polar surface area (TPSA) is 71.9 Å². The van der Waals surface area contributed by atoms with E-state index >= 15 is 0 Å². The molecule has 0 atom stereocenters. The molecule has 6 heteroatoms. The fourth-order valence-electron chi connectivity index (χ4n) is 2.62. The third kappa shape index (κ3) is 2.95. The molecule has 1 aromatic heterocycles. The minimum Gasteiger partial charge on any atom is -0.478 e. The second kappa shape index (κ2) is 6.60. The van der Waals surface area contributed by atoms with E-state index in [4.69, 9.17) is 5.11 Å². The molecule has 1 N–H and O–H groups in total. The van der Waals surface area contributed by atoms with Crippen molar-refractivity contribution in [2.75, 3.05) is 0 Å². The summed E-state index contributed by atoms with van der Waals surface area (Å²) in [6.45, 7) is 0. The number of rotatable bonds is 4. The van der Waals surface area contributed by atoms with E-state index in [0.29, 0.717) is 11.5 Å². The van der Waals surface area contributed by atoms with E-state index in [1.165, 1.54) is 0 Å². The van der Waals surface area contributed by atoms with Crippen molar-refractivity contribution in [3.05, 3.63) is 90.5 Å². The summed E-state index contributed by atoms with van der Waals surface area (Å²) in [7, 11) is 0. The Labute approximate surface area is 149 Å². The van der Waals surface area contributed by atoms with Gasteiger partial charge in [-0.05, 0) is 58.4 Å². The number of tetrazole rings is 1. The van der Waals surface area contributed by atoms with E-state index in [0.717, 1.165) is 11.3 Å². The van der Waals surface area contributed by atoms with Crippen LogP contribution in [-0.2, 0) is 0 Å². The Morgan fingerprint density at radius 3 is 2.08 bits per heavy atom. The normalized spacial score (nSPS) is 10.6. The lowest BCUT2D eigenvalue weighted by Gasteiger charge is -2.00. The molecule has 0 fully saturated rings. The lowest BCUT2D eigenvalue weighted by molar-refractivity contribution is -0.734.